The zero-order valence-corrected chi connectivity index (χ0v) is 18.2. The van der Waals surface area contributed by atoms with E-state index in [1.807, 2.05) is 19.9 Å². The van der Waals surface area contributed by atoms with Gasteiger partial charge in [0.05, 0.1) is 23.1 Å². The number of aliphatic hydroxyl groups excluding tert-OH is 1. The summed E-state index contributed by atoms with van der Waals surface area (Å²) in [6, 6.07) is 15.4. The molecule has 1 N–H and O–H groups in total. The normalized spacial score (nSPS) is 21.8. The molecule has 0 unspecified atom stereocenters. The first-order valence-electron chi connectivity index (χ1n) is 10.0. The fourth-order valence-electron chi connectivity index (χ4n) is 3.74. The Kier molecular flexibility index (Phi) is 6.63. The maximum absolute atomic E-state index is 13.6. The van der Waals surface area contributed by atoms with Crippen LogP contribution in [0.15, 0.2) is 65.6 Å². The SMILES string of the molecule is CCOC(=O)[C@H]1C=C(c2ccccc2)N(S(=O)(=O)c2ccc(C)cc2)[C@H](O)[C@@H]1CC. The maximum Gasteiger partial charge on any atom is 0.313 e. The van der Waals surface area contributed by atoms with Gasteiger partial charge in [0.25, 0.3) is 10.0 Å². The van der Waals surface area contributed by atoms with Gasteiger partial charge in [-0.1, -0.05) is 55.0 Å². The monoisotopic (exact) mass is 429 g/mol. The van der Waals surface area contributed by atoms with E-state index in [-0.39, 0.29) is 17.2 Å². The van der Waals surface area contributed by atoms with Crippen LogP contribution in [0.25, 0.3) is 5.70 Å². The fourth-order valence-corrected chi connectivity index (χ4v) is 5.32. The average molecular weight is 430 g/mol. The molecule has 0 radical (unpaired) electrons. The van der Waals surface area contributed by atoms with Crippen LogP contribution in [0.2, 0.25) is 0 Å². The zero-order valence-electron chi connectivity index (χ0n) is 17.4. The summed E-state index contributed by atoms with van der Waals surface area (Å²) in [4.78, 5) is 12.7. The number of carbonyl (C=O) groups excluding carboxylic acids is 1. The predicted octanol–water partition coefficient (Wildman–Crippen LogP) is 3.56. The van der Waals surface area contributed by atoms with E-state index in [0.29, 0.717) is 12.0 Å². The van der Waals surface area contributed by atoms with E-state index in [9.17, 15) is 18.3 Å². The van der Waals surface area contributed by atoms with Crippen LogP contribution in [-0.2, 0) is 19.6 Å². The first-order valence-corrected chi connectivity index (χ1v) is 11.5. The van der Waals surface area contributed by atoms with E-state index in [1.165, 1.54) is 12.1 Å². The summed E-state index contributed by atoms with van der Waals surface area (Å²) in [5, 5.41) is 11.2. The van der Waals surface area contributed by atoms with E-state index in [4.69, 9.17) is 4.74 Å². The van der Waals surface area contributed by atoms with E-state index < -0.39 is 34.1 Å². The number of aryl methyl sites for hydroxylation is 1. The maximum atomic E-state index is 13.6. The Labute approximate surface area is 177 Å². The van der Waals surface area contributed by atoms with Gasteiger partial charge in [0.15, 0.2) is 0 Å². The molecule has 0 saturated heterocycles. The van der Waals surface area contributed by atoms with Crippen molar-refractivity contribution in [2.24, 2.45) is 11.8 Å². The Morgan fingerprint density at radius 3 is 2.27 bits per heavy atom. The number of esters is 1. The molecule has 30 heavy (non-hydrogen) atoms. The van der Waals surface area contributed by atoms with Gasteiger partial charge >= 0.3 is 5.97 Å². The Bertz CT molecular complexity index is 1020. The van der Waals surface area contributed by atoms with E-state index in [2.05, 4.69) is 0 Å². The molecule has 0 saturated carbocycles. The number of aliphatic hydroxyl groups is 1. The van der Waals surface area contributed by atoms with E-state index in [1.54, 1.807) is 49.4 Å². The number of hydrogen-bond acceptors (Lipinski definition) is 5. The minimum absolute atomic E-state index is 0.0819. The quantitative estimate of drug-likeness (QED) is 0.710. The highest BCUT2D eigenvalue weighted by Crippen LogP contribution is 2.40. The lowest BCUT2D eigenvalue weighted by atomic mass is 9.84. The minimum Gasteiger partial charge on any atom is -0.466 e. The topological polar surface area (TPSA) is 83.9 Å². The highest BCUT2D eigenvalue weighted by Gasteiger charge is 2.45. The van der Waals surface area contributed by atoms with Gasteiger partial charge in [-0.25, -0.2) is 12.7 Å². The lowest BCUT2D eigenvalue weighted by molar-refractivity contribution is -0.151. The summed E-state index contributed by atoms with van der Waals surface area (Å²) in [5.74, 6) is -1.84. The third-order valence-electron chi connectivity index (χ3n) is 5.34. The van der Waals surface area contributed by atoms with Crippen LogP contribution in [0.4, 0.5) is 0 Å². The lowest BCUT2D eigenvalue weighted by Gasteiger charge is -2.41. The second kappa shape index (κ2) is 9.02. The molecule has 0 aromatic heterocycles. The van der Waals surface area contributed by atoms with Gasteiger partial charge in [0, 0.05) is 5.92 Å². The van der Waals surface area contributed by atoms with Crippen LogP contribution in [0, 0.1) is 18.8 Å². The summed E-state index contributed by atoms with van der Waals surface area (Å²) < 4.78 is 33.4. The van der Waals surface area contributed by atoms with Gasteiger partial charge in [0.2, 0.25) is 0 Å². The molecule has 0 aliphatic carbocycles. The predicted molar refractivity (Wildman–Crippen MR) is 115 cm³/mol. The number of ether oxygens (including phenoxy) is 1. The first kappa shape index (κ1) is 22.1. The van der Waals surface area contributed by atoms with Gasteiger partial charge in [-0.2, -0.15) is 0 Å². The highest BCUT2D eigenvalue weighted by molar-refractivity contribution is 7.89. The molecule has 1 aliphatic heterocycles. The van der Waals surface area contributed by atoms with Crippen LogP contribution in [0.1, 0.15) is 31.4 Å². The second-order valence-corrected chi connectivity index (χ2v) is 9.11. The molecule has 6 nitrogen and oxygen atoms in total. The van der Waals surface area contributed by atoms with Crippen molar-refractivity contribution < 1.29 is 23.1 Å². The van der Waals surface area contributed by atoms with Crippen molar-refractivity contribution in [2.75, 3.05) is 6.61 Å². The van der Waals surface area contributed by atoms with E-state index >= 15 is 0 Å². The van der Waals surface area contributed by atoms with Gasteiger partial charge in [-0.3, -0.25) is 4.79 Å². The Morgan fingerprint density at radius 1 is 1.07 bits per heavy atom. The molecule has 160 valence electrons. The Hall–Kier alpha value is -2.64. The molecular weight excluding hydrogens is 402 g/mol. The summed E-state index contributed by atoms with van der Waals surface area (Å²) in [6.45, 7) is 5.62. The van der Waals surface area contributed by atoms with Crippen LogP contribution in [0.5, 0.6) is 0 Å². The lowest BCUT2D eigenvalue weighted by Crippen LogP contribution is -2.50. The molecule has 0 bridgehead atoms. The Balaban J connectivity index is 2.19. The van der Waals surface area contributed by atoms with Crippen LogP contribution in [-0.4, -0.2) is 36.6 Å². The number of rotatable bonds is 6. The van der Waals surface area contributed by atoms with Crippen molar-refractivity contribution in [1.29, 1.82) is 0 Å². The zero-order chi connectivity index (χ0) is 21.9. The van der Waals surface area contributed by atoms with Gasteiger partial charge < -0.3 is 9.84 Å². The number of carbonyl (C=O) groups is 1. The number of sulfonamides is 1. The number of nitrogens with zero attached hydrogens (tertiary/aromatic N) is 1. The summed E-state index contributed by atoms with van der Waals surface area (Å²) in [5.41, 5.74) is 1.79. The number of hydrogen-bond donors (Lipinski definition) is 1. The second-order valence-electron chi connectivity index (χ2n) is 7.30. The average Bonchev–Trinajstić information content (AvgIpc) is 2.74. The van der Waals surface area contributed by atoms with Crippen LogP contribution < -0.4 is 0 Å². The third-order valence-corrected chi connectivity index (χ3v) is 7.14. The van der Waals surface area contributed by atoms with Crippen LogP contribution in [0.3, 0.4) is 0 Å². The molecule has 3 atom stereocenters. The standard InChI is InChI=1S/C23H27NO5S/c1-4-19-20(23(26)29-5-2)15-21(17-9-7-6-8-10-17)24(22(19)25)30(27,28)18-13-11-16(3)12-14-18/h6-15,19-20,22,25H,4-5H2,1-3H3/t19-,20+,22-/m1/s1. The van der Waals surface area contributed by atoms with Crippen molar-refractivity contribution in [1.82, 2.24) is 4.31 Å². The van der Waals surface area contributed by atoms with E-state index in [0.717, 1.165) is 9.87 Å². The summed E-state index contributed by atoms with van der Waals surface area (Å²) >= 11 is 0. The van der Waals surface area contributed by atoms with Crippen LogP contribution >= 0.6 is 0 Å². The molecule has 1 aliphatic rings. The third kappa shape index (κ3) is 4.13. The fraction of sp³-hybridized carbons (Fsp3) is 0.348. The van der Waals surface area contributed by atoms with Crippen molar-refractivity contribution >= 4 is 21.7 Å². The smallest absolute Gasteiger partial charge is 0.313 e. The number of benzene rings is 2. The molecule has 0 amide bonds. The molecule has 2 aromatic carbocycles. The molecular formula is C23H27NO5S. The van der Waals surface area contributed by atoms with Gasteiger partial charge in [-0.05, 0) is 44.0 Å². The Morgan fingerprint density at radius 2 is 1.70 bits per heavy atom. The minimum atomic E-state index is -4.07. The molecule has 1 heterocycles. The highest BCUT2D eigenvalue weighted by atomic mass is 32.2. The van der Waals surface area contributed by atoms with Crippen molar-refractivity contribution in [3.05, 3.63) is 71.8 Å². The first-order chi connectivity index (χ1) is 14.3. The van der Waals surface area contributed by atoms with Crippen molar-refractivity contribution in [3.8, 4) is 0 Å². The van der Waals surface area contributed by atoms with Crippen molar-refractivity contribution in [2.45, 2.75) is 38.3 Å². The molecule has 7 heteroatoms. The summed E-state index contributed by atoms with van der Waals surface area (Å²) in [6.07, 6.45) is 0.610. The molecule has 2 aromatic rings. The van der Waals surface area contributed by atoms with Crippen molar-refractivity contribution in [3.63, 3.8) is 0 Å². The molecule has 0 fully saturated rings. The van der Waals surface area contributed by atoms with Gasteiger partial charge in [-0.15, -0.1) is 0 Å². The molecule has 0 spiro atoms. The summed E-state index contributed by atoms with van der Waals surface area (Å²) in [7, 11) is -4.07. The molecule has 3 rings (SSSR count). The largest absolute Gasteiger partial charge is 0.466 e. The van der Waals surface area contributed by atoms with Gasteiger partial charge in [0.1, 0.15) is 6.23 Å².